The van der Waals surface area contributed by atoms with Gasteiger partial charge in [-0.2, -0.15) is 0 Å². The standard InChI is InChI=1S/C17H23Cl2N3O3/c1-12(24)14(11-22(6-5-20)7-8-23)17(25)21(2)10-13-3-4-15(18)16(19)9-13/h3-4,8-9,24H,5-7,10-11,20H2,1-2H3/b14-12-. The number of amides is 1. The normalized spacial score (nSPS) is 12.1. The number of benzene rings is 1. The fourth-order valence-corrected chi connectivity index (χ4v) is 2.62. The molecule has 0 saturated carbocycles. The van der Waals surface area contributed by atoms with Crippen LogP contribution in [0.25, 0.3) is 0 Å². The molecule has 6 nitrogen and oxygen atoms in total. The maximum absolute atomic E-state index is 12.7. The number of hydrogen-bond donors (Lipinski definition) is 2. The molecule has 0 heterocycles. The van der Waals surface area contributed by atoms with Crippen LogP contribution in [0.3, 0.4) is 0 Å². The highest BCUT2D eigenvalue weighted by atomic mass is 35.5. The highest BCUT2D eigenvalue weighted by Crippen LogP contribution is 2.23. The van der Waals surface area contributed by atoms with Crippen molar-refractivity contribution in [3.05, 3.63) is 45.1 Å². The summed E-state index contributed by atoms with van der Waals surface area (Å²) in [6, 6.07) is 5.13. The molecular weight excluding hydrogens is 365 g/mol. The summed E-state index contributed by atoms with van der Waals surface area (Å²) in [6.45, 7) is 2.82. The number of carbonyl (C=O) groups excluding carboxylic acids is 2. The molecule has 0 aromatic heterocycles. The monoisotopic (exact) mass is 387 g/mol. The van der Waals surface area contributed by atoms with E-state index in [9.17, 15) is 14.7 Å². The first-order chi connectivity index (χ1) is 11.8. The Hall–Kier alpha value is -1.60. The first-order valence-corrected chi connectivity index (χ1v) is 8.49. The van der Waals surface area contributed by atoms with Crippen LogP contribution in [0.15, 0.2) is 29.5 Å². The number of nitrogens with zero attached hydrogens (tertiary/aromatic N) is 2. The number of aldehydes is 1. The van der Waals surface area contributed by atoms with Gasteiger partial charge in [0.1, 0.15) is 6.29 Å². The van der Waals surface area contributed by atoms with Crippen molar-refractivity contribution in [3.63, 3.8) is 0 Å². The number of hydrogen-bond acceptors (Lipinski definition) is 5. The summed E-state index contributed by atoms with van der Waals surface area (Å²) < 4.78 is 0. The Morgan fingerprint density at radius 3 is 2.52 bits per heavy atom. The molecule has 0 unspecified atom stereocenters. The van der Waals surface area contributed by atoms with E-state index in [1.54, 1.807) is 30.1 Å². The number of allylic oxidation sites excluding steroid dienone is 1. The van der Waals surface area contributed by atoms with Gasteiger partial charge >= 0.3 is 0 Å². The van der Waals surface area contributed by atoms with Gasteiger partial charge in [-0.15, -0.1) is 0 Å². The fourth-order valence-electron chi connectivity index (χ4n) is 2.30. The molecule has 25 heavy (non-hydrogen) atoms. The molecule has 0 fully saturated rings. The van der Waals surface area contributed by atoms with Crippen molar-refractivity contribution >= 4 is 35.4 Å². The van der Waals surface area contributed by atoms with E-state index in [0.29, 0.717) is 29.7 Å². The SMILES string of the molecule is C/C(O)=C(\CN(CC=O)CCN)C(=O)N(C)Cc1ccc(Cl)c(Cl)c1. The third-order valence-corrected chi connectivity index (χ3v) is 4.34. The van der Waals surface area contributed by atoms with Crippen molar-refractivity contribution in [1.29, 1.82) is 0 Å². The summed E-state index contributed by atoms with van der Waals surface area (Å²) in [5.41, 5.74) is 6.55. The maximum atomic E-state index is 12.7. The molecule has 1 rings (SSSR count). The van der Waals surface area contributed by atoms with Gasteiger partial charge in [-0.25, -0.2) is 0 Å². The summed E-state index contributed by atoms with van der Waals surface area (Å²) in [6.07, 6.45) is 0.740. The molecule has 1 aromatic rings. The summed E-state index contributed by atoms with van der Waals surface area (Å²) in [5.74, 6) is -0.419. The molecule has 3 N–H and O–H groups in total. The molecule has 0 saturated heterocycles. The highest BCUT2D eigenvalue weighted by molar-refractivity contribution is 6.42. The third kappa shape index (κ3) is 6.66. The van der Waals surface area contributed by atoms with Gasteiger partial charge in [0, 0.05) is 33.2 Å². The Bertz CT molecular complexity index is 646. The minimum Gasteiger partial charge on any atom is -0.512 e. The van der Waals surface area contributed by atoms with Crippen LogP contribution in [0.4, 0.5) is 0 Å². The van der Waals surface area contributed by atoms with E-state index in [2.05, 4.69) is 0 Å². The van der Waals surface area contributed by atoms with E-state index in [4.69, 9.17) is 28.9 Å². The first kappa shape index (κ1) is 21.4. The smallest absolute Gasteiger partial charge is 0.254 e. The van der Waals surface area contributed by atoms with Gasteiger partial charge in [0.2, 0.25) is 0 Å². The van der Waals surface area contributed by atoms with Gasteiger partial charge in [0.15, 0.2) is 0 Å². The van der Waals surface area contributed by atoms with Crippen LogP contribution >= 0.6 is 23.2 Å². The van der Waals surface area contributed by atoms with Crippen molar-refractivity contribution in [2.45, 2.75) is 13.5 Å². The molecule has 0 aliphatic carbocycles. The molecule has 1 aromatic carbocycles. The van der Waals surface area contributed by atoms with Gasteiger partial charge in [-0.1, -0.05) is 29.3 Å². The second-order valence-corrected chi connectivity index (χ2v) is 6.48. The van der Waals surface area contributed by atoms with Gasteiger partial charge in [-0.05, 0) is 24.6 Å². The lowest BCUT2D eigenvalue weighted by Crippen LogP contribution is -2.38. The minimum absolute atomic E-state index is 0.0843. The molecule has 1 amide bonds. The summed E-state index contributed by atoms with van der Waals surface area (Å²) in [7, 11) is 1.63. The maximum Gasteiger partial charge on any atom is 0.254 e. The number of aliphatic hydroxyl groups excluding tert-OH is 1. The number of likely N-dealkylation sites (N-methyl/N-ethyl adjacent to an activating group) is 1. The van der Waals surface area contributed by atoms with Crippen LogP contribution in [-0.4, -0.2) is 60.3 Å². The number of carbonyl (C=O) groups is 2. The van der Waals surface area contributed by atoms with E-state index in [-0.39, 0.29) is 30.3 Å². The van der Waals surface area contributed by atoms with Crippen LogP contribution in [-0.2, 0) is 16.1 Å². The number of rotatable bonds is 9. The average molecular weight is 388 g/mol. The lowest BCUT2D eigenvalue weighted by Gasteiger charge is -2.24. The van der Waals surface area contributed by atoms with E-state index in [1.807, 2.05) is 0 Å². The van der Waals surface area contributed by atoms with E-state index in [1.165, 1.54) is 11.8 Å². The zero-order chi connectivity index (χ0) is 19.0. The van der Waals surface area contributed by atoms with Gasteiger partial charge in [0.25, 0.3) is 5.91 Å². The number of nitrogens with two attached hydrogens (primary N) is 1. The van der Waals surface area contributed by atoms with E-state index in [0.717, 1.165) is 11.8 Å². The largest absolute Gasteiger partial charge is 0.512 e. The van der Waals surface area contributed by atoms with Crippen molar-refractivity contribution in [3.8, 4) is 0 Å². The van der Waals surface area contributed by atoms with Crippen molar-refractivity contribution in [2.75, 3.05) is 33.2 Å². The summed E-state index contributed by atoms with van der Waals surface area (Å²) in [5, 5.41) is 10.8. The van der Waals surface area contributed by atoms with E-state index < -0.39 is 0 Å². The van der Waals surface area contributed by atoms with Gasteiger partial charge in [-0.3, -0.25) is 9.69 Å². The topological polar surface area (TPSA) is 86.9 Å². The van der Waals surface area contributed by atoms with Crippen molar-refractivity contribution in [2.24, 2.45) is 5.73 Å². The summed E-state index contributed by atoms with van der Waals surface area (Å²) in [4.78, 5) is 26.6. The number of aliphatic hydroxyl groups is 1. The van der Waals surface area contributed by atoms with Crippen LogP contribution in [0, 0.1) is 0 Å². The average Bonchev–Trinajstić information content (AvgIpc) is 2.55. The molecule has 8 heteroatoms. The number of halogens is 2. The molecule has 138 valence electrons. The van der Waals surface area contributed by atoms with Crippen molar-refractivity contribution < 1.29 is 14.7 Å². The fraction of sp³-hybridized carbons (Fsp3) is 0.412. The van der Waals surface area contributed by atoms with Crippen molar-refractivity contribution in [1.82, 2.24) is 9.80 Å². The Kier molecular flexibility index (Phi) is 8.92. The zero-order valence-corrected chi connectivity index (χ0v) is 15.8. The lowest BCUT2D eigenvalue weighted by atomic mass is 10.1. The Labute approximate surface area is 157 Å². The Balaban J connectivity index is 2.88. The molecule has 0 spiro atoms. The predicted octanol–water partition coefficient (Wildman–Crippen LogP) is 2.24. The first-order valence-electron chi connectivity index (χ1n) is 7.74. The van der Waals surface area contributed by atoms with Crippen LogP contribution in [0.5, 0.6) is 0 Å². The second-order valence-electron chi connectivity index (χ2n) is 5.66. The molecule has 0 atom stereocenters. The highest BCUT2D eigenvalue weighted by Gasteiger charge is 2.20. The molecule has 0 aliphatic heterocycles. The van der Waals surface area contributed by atoms with E-state index >= 15 is 0 Å². The Morgan fingerprint density at radius 2 is 2.00 bits per heavy atom. The van der Waals surface area contributed by atoms with Crippen LogP contribution in [0.2, 0.25) is 10.0 Å². The van der Waals surface area contributed by atoms with Gasteiger partial charge in [0.05, 0.1) is 27.9 Å². The van der Waals surface area contributed by atoms with Crippen LogP contribution < -0.4 is 5.73 Å². The summed E-state index contributed by atoms with van der Waals surface area (Å²) >= 11 is 11.9. The molecular formula is C17H23Cl2N3O3. The van der Waals surface area contributed by atoms with Crippen LogP contribution in [0.1, 0.15) is 12.5 Å². The Morgan fingerprint density at radius 1 is 1.32 bits per heavy atom. The zero-order valence-electron chi connectivity index (χ0n) is 14.3. The van der Waals surface area contributed by atoms with Gasteiger partial charge < -0.3 is 20.5 Å². The third-order valence-electron chi connectivity index (χ3n) is 3.61. The second kappa shape index (κ2) is 10.4. The minimum atomic E-state index is -0.334. The molecule has 0 bridgehead atoms. The quantitative estimate of drug-likeness (QED) is 0.385. The molecule has 0 aliphatic rings. The molecule has 0 radical (unpaired) electrons. The lowest BCUT2D eigenvalue weighted by molar-refractivity contribution is -0.127. The predicted molar refractivity (Wildman–Crippen MR) is 99.8 cm³/mol.